The second kappa shape index (κ2) is 41.3. The molecule has 1 unspecified atom stereocenters. The predicted molar refractivity (Wildman–Crippen MR) is 429 cm³/mol. The van der Waals surface area contributed by atoms with E-state index in [1.54, 1.807) is 18.3 Å². The lowest BCUT2D eigenvalue weighted by molar-refractivity contribution is -0.0459. The Labute approximate surface area is 699 Å². The molecule has 8 aromatic heterocycles. The number of H-pyrrole nitrogens is 1. The number of halogens is 15. The van der Waals surface area contributed by atoms with Gasteiger partial charge in [0.15, 0.2) is 70.9 Å². The Balaban J connectivity index is 0.000000182. The molecule has 0 bridgehead atoms. The van der Waals surface area contributed by atoms with Crippen LogP contribution in [0.15, 0.2) is 97.8 Å². The van der Waals surface area contributed by atoms with Crippen molar-refractivity contribution >= 4 is 213 Å². The number of fused-ring (bicyclic) bond motifs is 4. The van der Waals surface area contributed by atoms with Gasteiger partial charge in [0.2, 0.25) is 21.1 Å². The number of hydrogen-bond donors (Lipinski definition) is 9. The van der Waals surface area contributed by atoms with Crippen LogP contribution in [0.5, 0.6) is 0 Å². The summed E-state index contributed by atoms with van der Waals surface area (Å²) in [6.45, 7) is 7.38. The van der Waals surface area contributed by atoms with Gasteiger partial charge in [-0.25, -0.2) is 42.5 Å². The molecule has 10 aromatic rings. The number of ether oxygens (including phenoxy) is 4. The third-order valence-electron chi connectivity index (χ3n) is 17.1. The number of benzene rings is 2. The maximum atomic E-state index is 15.0. The highest BCUT2D eigenvalue weighted by Crippen LogP contribution is 2.72. The predicted octanol–water partition coefficient (Wildman–Crippen LogP) is 17.4. The summed E-state index contributed by atoms with van der Waals surface area (Å²) in [6.07, 6.45) is -6.97. The van der Waals surface area contributed by atoms with Crippen molar-refractivity contribution in [2.75, 3.05) is 35.7 Å². The van der Waals surface area contributed by atoms with Crippen molar-refractivity contribution < 1.29 is 89.3 Å². The third kappa shape index (κ3) is 25.3. The van der Waals surface area contributed by atoms with Gasteiger partial charge in [0.25, 0.3) is 11.7 Å². The van der Waals surface area contributed by atoms with E-state index in [1.165, 1.54) is 32.6 Å². The quantitative estimate of drug-likeness (QED) is 0.0119. The van der Waals surface area contributed by atoms with Crippen LogP contribution in [-0.4, -0.2) is 190 Å². The van der Waals surface area contributed by atoms with Crippen LogP contribution in [-0.2, 0) is 54.8 Å². The van der Waals surface area contributed by atoms with E-state index in [2.05, 4.69) is 85.9 Å². The van der Waals surface area contributed by atoms with Gasteiger partial charge in [-0.2, -0.15) is 24.9 Å². The van der Waals surface area contributed by atoms with E-state index in [1.807, 2.05) is 88.4 Å². The van der Waals surface area contributed by atoms with Crippen molar-refractivity contribution in [2.24, 2.45) is 11.8 Å². The molecule has 14 rings (SSSR count). The molecule has 0 spiro atoms. The summed E-state index contributed by atoms with van der Waals surface area (Å²) in [4.78, 5) is 70.8. The van der Waals surface area contributed by atoms with Crippen molar-refractivity contribution in [3.63, 3.8) is 0 Å². The number of nitrogens with one attached hydrogen (secondary N) is 3. The lowest BCUT2D eigenvalue weighted by Crippen LogP contribution is -2.31. The number of alkyl halides is 5. The Bertz CT molecular complexity index is 5010. The van der Waals surface area contributed by atoms with E-state index in [4.69, 9.17) is 143 Å². The number of imidazole rings is 2. The standard InChI is InChI=1S/C19H22ClFN4O8P2.C17H17ClFN5O3.C12H13Cl2FN4O.C7H12BrFO.C6H3Cl2N3.CH2Cl4O2P2.CH4/c20-19-23-16(22-8-11-4-2-1-3-5-11)12-6-7-25(17(12)24-19)18-14(21)15(26)13(33-18)9-32-35(30,31)10-34(27,28)29;18-17-22-14(20-6-9-4-2-1-3-5-9)12-15(23-17)24(8-21-12)16-11(19)13(26)10(7-25)27-16;1-3-6-5(2)7(15)11(20-6)19-4-16-8-9(13)17-12(14)18-10(8)19;1-3-5-4(2)6(9)7(8)10-5;7-4-3-1-2-9-5(3)11-6(8)10-4;2-8(3,6)1-9(4,5)7;/h1-7,13-15,18,26H,8-10H2,(H,30,31)(H,22,23,24)(H2,27,28,29);1-5,8,10-11,13,16,25-26H,6-7H2,(H,20,22,23);4-7,11H,3H2,1-2H3;4-7H,3H2,1-2H3;1-2H,(H,9,10,11);1H2;1H4/t13-,14+,15-,18-;10-,11+,13-,16-;5-,6-,7+,11-;4-,5-,6+,7+;;;/m1111.../s1. The average Bonchev–Trinajstić information content (AvgIpc) is 1.63. The SMILES string of the molecule is C.CC[C@H]1O[C@@H](n2cnc3c(Cl)nc(Cl)nc32)[C@@H](F)[C@@H]1C.CC[C@H]1O[C@H](Br)[C@@H](F)[C@@H]1C.Clc1nc(Cl)c2cc[nH]c2n1.O=P(Cl)(Cl)CP(=O)(Cl)Cl.O=P(O)(O)CP(=O)(O)OC[C@H]1O[C@@H](n2ccc3c(NCc4ccccc4)nc(Cl)nc32)[C@@H](F)[C@@H]1O.OC[C@H]1O[C@@H](n2cnc3c(NCc4ccccc4)nc(Cl)nc32)[C@@H](F)[C@@H]1O. The molecule has 4 aliphatic rings. The number of aliphatic hydroxyl groups excluding tert-OH is 3. The van der Waals surface area contributed by atoms with Crippen molar-refractivity contribution in [2.45, 2.75) is 146 Å². The maximum Gasteiger partial charge on any atom is 0.340 e. The van der Waals surface area contributed by atoms with Crippen molar-refractivity contribution in [1.82, 2.24) is 68.5 Å². The molecule has 620 valence electrons. The van der Waals surface area contributed by atoms with E-state index in [0.29, 0.717) is 57.6 Å². The first-order valence-electron chi connectivity index (χ1n) is 33.2. The summed E-state index contributed by atoms with van der Waals surface area (Å²) in [7, 11) is -9.55. The van der Waals surface area contributed by atoms with E-state index in [9.17, 15) is 56.0 Å². The summed E-state index contributed by atoms with van der Waals surface area (Å²) in [5.41, 5.74) is 4.34. The molecule has 12 heterocycles. The maximum absolute atomic E-state index is 15.0. The molecule has 4 fully saturated rings. The molecule has 2 aromatic carbocycles. The van der Waals surface area contributed by atoms with E-state index >= 15 is 0 Å². The lowest BCUT2D eigenvalue weighted by atomic mass is 10.00. The number of hydrogen-bond acceptors (Lipinski definition) is 24. The number of aromatic nitrogens is 14. The fraction of sp³-hybridized carbons (Fsp3) is 0.460. The zero-order valence-electron chi connectivity index (χ0n) is 58.3. The van der Waals surface area contributed by atoms with Crippen LogP contribution in [0, 0.1) is 11.8 Å². The smallest absolute Gasteiger partial charge is 0.340 e. The van der Waals surface area contributed by atoms with Gasteiger partial charge in [-0.3, -0.25) is 27.4 Å². The molecule has 0 radical (unpaired) electrons. The summed E-state index contributed by atoms with van der Waals surface area (Å²) >= 11 is 58.3. The third-order valence-corrected chi connectivity index (χ3v) is 29.0. The fourth-order valence-corrected chi connectivity index (χ4v) is 25.1. The molecule has 4 saturated heterocycles. The highest BCUT2D eigenvalue weighted by Gasteiger charge is 2.49. The number of aromatic amines is 1. The number of anilines is 2. The van der Waals surface area contributed by atoms with Crippen molar-refractivity contribution in [1.29, 1.82) is 0 Å². The Morgan fingerprint density at radius 3 is 1.51 bits per heavy atom. The highest BCUT2D eigenvalue weighted by atomic mass is 79.9. The van der Waals surface area contributed by atoms with Crippen LogP contribution in [0.2, 0.25) is 31.4 Å². The van der Waals surface area contributed by atoms with E-state index < -0.39 is 120 Å². The van der Waals surface area contributed by atoms with Gasteiger partial charge in [0.1, 0.15) is 69.3 Å². The van der Waals surface area contributed by atoms with Crippen LogP contribution in [0.4, 0.5) is 29.2 Å². The molecule has 0 saturated carbocycles. The van der Waals surface area contributed by atoms with Gasteiger partial charge in [-0.15, -0.1) is 0 Å². The van der Waals surface area contributed by atoms with Crippen LogP contribution >= 0.6 is 157 Å². The minimum atomic E-state index is -4.84. The monoisotopic (exact) mass is 1920 g/mol. The fourth-order valence-electron chi connectivity index (χ4n) is 11.6. The van der Waals surface area contributed by atoms with Crippen LogP contribution in [0.3, 0.4) is 0 Å². The summed E-state index contributed by atoms with van der Waals surface area (Å²) in [5, 5.41) is 37.1. The Morgan fingerprint density at radius 2 is 1.01 bits per heavy atom. The van der Waals surface area contributed by atoms with Gasteiger partial charge in [-0.05, 0) is 127 Å². The topological polar surface area (TPSA) is 419 Å². The minimum absolute atomic E-state index is 0. The van der Waals surface area contributed by atoms with Gasteiger partial charge in [0.05, 0.1) is 48.8 Å². The van der Waals surface area contributed by atoms with Gasteiger partial charge >= 0.3 is 15.2 Å². The van der Waals surface area contributed by atoms with E-state index in [-0.39, 0.29) is 74.1 Å². The van der Waals surface area contributed by atoms with E-state index in [0.717, 1.165) is 29.4 Å². The highest BCUT2D eigenvalue weighted by molar-refractivity contribution is 9.09. The Kier molecular flexibility index (Phi) is 34.5. The summed E-state index contributed by atoms with van der Waals surface area (Å²) < 4.78 is 131. The second-order valence-corrected chi connectivity index (χ2v) is 43.0. The largest absolute Gasteiger partial charge is 0.394 e. The molecule has 50 heteroatoms. The van der Waals surface area contributed by atoms with Crippen LogP contribution < -0.4 is 10.6 Å². The number of rotatable bonds is 19. The molecule has 113 heavy (non-hydrogen) atoms. The number of nitrogens with zero attached hydrogens (tertiary/aromatic N) is 13. The van der Waals surface area contributed by atoms with Gasteiger partial charge in [-0.1, -0.05) is 135 Å². The molecule has 0 aliphatic carbocycles. The molecular formula is C63H73BrCl10F4N16O15P4. The molecule has 0 amide bonds. The average molecular weight is 1930 g/mol. The first-order valence-corrected chi connectivity index (χ1v) is 47.3. The van der Waals surface area contributed by atoms with Gasteiger partial charge < -0.3 is 73.7 Å². The Morgan fingerprint density at radius 1 is 0.549 bits per heavy atom. The lowest BCUT2D eigenvalue weighted by Gasteiger charge is -2.18. The van der Waals surface area contributed by atoms with Crippen LogP contribution in [0.25, 0.3) is 44.4 Å². The first-order chi connectivity index (χ1) is 52.7. The summed E-state index contributed by atoms with van der Waals surface area (Å²) in [6, 6.07) is 22.6. The molecule has 31 nitrogen and oxygen atoms in total. The number of aliphatic hydroxyl groups is 3. The molecule has 9 N–H and O–H groups in total. The summed E-state index contributed by atoms with van der Waals surface area (Å²) in [5.74, 6) is -8.04. The Hall–Kier alpha value is -4.04. The van der Waals surface area contributed by atoms with Gasteiger partial charge in [0, 0.05) is 37.3 Å². The normalized spacial score (nSPS) is 25.4. The zero-order chi connectivity index (χ0) is 82.1. The molecule has 17 atom stereocenters. The second-order valence-electron chi connectivity index (χ2n) is 25.0. The zero-order valence-corrected chi connectivity index (χ0v) is 71.0. The molecule has 4 aliphatic heterocycles. The van der Waals surface area contributed by atoms with Crippen molar-refractivity contribution in [3.8, 4) is 0 Å². The van der Waals surface area contributed by atoms with Crippen molar-refractivity contribution in [3.05, 3.63) is 140 Å². The van der Waals surface area contributed by atoms with Crippen LogP contribution in [0.1, 0.15) is 77.8 Å². The first kappa shape index (κ1) is 94.4. The molecular weight excluding hydrogens is 1860 g/mol. The minimum Gasteiger partial charge on any atom is -0.394 e.